The van der Waals surface area contributed by atoms with Crippen LogP contribution in [0.15, 0.2) is 42.5 Å². The van der Waals surface area contributed by atoms with Crippen molar-refractivity contribution < 1.29 is 23.4 Å². The topological polar surface area (TPSA) is 46.2 Å². The van der Waals surface area contributed by atoms with Gasteiger partial charge in [0.1, 0.15) is 17.2 Å². The first-order chi connectivity index (χ1) is 16.2. The Balaban J connectivity index is 1.82. The maximum atomic E-state index is 6.22. The van der Waals surface area contributed by atoms with Gasteiger partial charge in [-0.3, -0.25) is 0 Å². The molecule has 0 heterocycles. The molecule has 0 bridgehead atoms. The second-order valence-corrected chi connectivity index (χ2v) is 12.0. The molecule has 6 heteroatoms. The lowest BCUT2D eigenvalue weighted by Gasteiger charge is -2.28. The van der Waals surface area contributed by atoms with Crippen molar-refractivity contribution in [1.82, 2.24) is 0 Å². The van der Waals surface area contributed by atoms with Crippen LogP contribution < -0.4 is 13.9 Å². The standard InChI is InChI=1S/C28H39O5Si/c1-28(2,3)25-16-22(12-15-26(25)33-34(6)7)20-8-10-21(11-9-20)24-14-13-23(31-18-29-4)17-27(24)32-19-30-5/h10,12-17,20H,8-9,11,18-19H2,1-7H3. The van der Waals surface area contributed by atoms with Crippen LogP contribution in [0.25, 0.3) is 5.57 Å². The molecule has 1 radical (unpaired) electrons. The van der Waals surface area contributed by atoms with Crippen LogP contribution in [0.1, 0.15) is 62.6 Å². The Morgan fingerprint density at radius 1 is 0.912 bits per heavy atom. The van der Waals surface area contributed by atoms with Gasteiger partial charge in [0, 0.05) is 25.8 Å². The van der Waals surface area contributed by atoms with Gasteiger partial charge in [0.25, 0.3) is 9.04 Å². The normalized spacial score (nSPS) is 16.4. The molecule has 0 aromatic heterocycles. The van der Waals surface area contributed by atoms with Gasteiger partial charge in [-0.05, 0) is 78.6 Å². The van der Waals surface area contributed by atoms with Crippen LogP contribution in [0.2, 0.25) is 13.1 Å². The van der Waals surface area contributed by atoms with E-state index in [0.717, 1.165) is 36.3 Å². The van der Waals surface area contributed by atoms with Crippen LogP contribution in [0, 0.1) is 0 Å². The Hall–Kier alpha value is -2.28. The van der Waals surface area contributed by atoms with E-state index in [1.807, 2.05) is 12.1 Å². The summed E-state index contributed by atoms with van der Waals surface area (Å²) in [6.07, 6.45) is 5.45. The minimum atomic E-state index is -0.808. The zero-order valence-electron chi connectivity index (χ0n) is 21.7. The molecule has 3 rings (SSSR count). The molecule has 0 saturated heterocycles. The van der Waals surface area contributed by atoms with Gasteiger partial charge >= 0.3 is 0 Å². The largest absolute Gasteiger partial charge is 0.542 e. The van der Waals surface area contributed by atoms with E-state index < -0.39 is 9.04 Å². The van der Waals surface area contributed by atoms with Gasteiger partial charge < -0.3 is 23.4 Å². The third-order valence-corrected chi connectivity index (χ3v) is 6.61. The van der Waals surface area contributed by atoms with E-state index in [2.05, 4.69) is 64.2 Å². The van der Waals surface area contributed by atoms with Crippen molar-refractivity contribution in [2.24, 2.45) is 0 Å². The fraction of sp³-hybridized carbons (Fsp3) is 0.500. The SMILES string of the molecule is COCOc1ccc(C2=CCC(c3ccc(O[Si](C)C)c(C(C)(C)C)c3)CC2)c(OCOC)c1. The molecule has 1 aliphatic carbocycles. The highest BCUT2D eigenvalue weighted by molar-refractivity contribution is 6.49. The molecule has 0 fully saturated rings. The molecule has 185 valence electrons. The van der Waals surface area contributed by atoms with E-state index in [4.69, 9.17) is 23.4 Å². The number of allylic oxidation sites excluding steroid dienone is 2. The predicted molar refractivity (Wildman–Crippen MR) is 139 cm³/mol. The summed E-state index contributed by atoms with van der Waals surface area (Å²) in [7, 11) is 2.42. The van der Waals surface area contributed by atoms with Gasteiger partial charge in [-0.1, -0.05) is 39.0 Å². The second-order valence-electron chi connectivity index (χ2n) is 9.98. The third-order valence-electron chi connectivity index (χ3n) is 5.98. The van der Waals surface area contributed by atoms with Gasteiger partial charge in [-0.15, -0.1) is 0 Å². The number of hydrogen-bond donors (Lipinski definition) is 0. The van der Waals surface area contributed by atoms with Crippen LogP contribution >= 0.6 is 0 Å². The Morgan fingerprint density at radius 2 is 1.65 bits per heavy atom. The monoisotopic (exact) mass is 483 g/mol. The molecule has 34 heavy (non-hydrogen) atoms. The molecule has 5 nitrogen and oxygen atoms in total. The lowest BCUT2D eigenvalue weighted by atomic mass is 9.79. The Bertz CT molecular complexity index is 977. The first-order valence-corrected chi connectivity index (χ1v) is 14.3. The average molecular weight is 484 g/mol. The van der Waals surface area contributed by atoms with Crippen LogP contribution in [0.4, 0.5) is 0 Å². The van der Waals surface area contributed by atoms with E-state index in [9.17, 15) is 0 Å². The minimum absolute atomic E-state index is 0.0402. The van der Waals surface area contributed by atoms with Crippen molar-refractivity contribution >= 4 is 14.6 Å². The van der Waals surface area contributed by atoms with E-state index >= 15 is 0 Å². The smallest absolute Gasteiger partial charge is 0.274 e. The minimum Gasteiger partial charge on any atom is -0.542 e. The lowest BCUT2D eigenvalue weighted by molar-refractivity contribution is 0.0459. The maximum absolute atomic E-state index is 6.22. The zero-order valence-corrected chi connectivity index (χ0v) is 22.7. The van der Waals surface area contributed by atoms with Crippen molar-refractivity contribution in [1.29, 1.82) is 0 Å². The van der Waals surface area contributed by atoms with E-state index in [0.29, 0.717) is 11.7 Å². The maximum Gasteiger partial charge on any atom is 0.274 e. The van der Waals surface area contributed by atoms with E-state index in [-0.39, 0.29) is 19.0 Å². The highest BCUT2D eigenvalue weighted by atomic mass is 28.3. The number of benzene rings is 2. The molecule has 0 spiro atoms. The number of methoxy groups -OCH3 is 2. The quantitative estimate of drug-likeness (QED) is 0.271. The van der Waals surface area contributed by atoms with Crippen molar-refractivity contribution in [3.63, 3.8) is 0 Å². The zero-order chi connectivity index (χ0) is 24.7. The summed E-state index contributed by atoms with van der Waals surface area (Å²) in [5.41, 5.74) is 5.14. The molecule has 1 aliphatic rings. The molecule has 0 aliphatic heterocycles. The third kappa shape index (κ3) is 6.87. The van der Waals surface area contributed by atoms with Crippen LogP contribution in [0.5, 0.6) is 17.2 Å². The first-order valence-electron chi connectivity index (χ1n) is 11.9. The number of rotatable bonds is 10. The average Bonchev–Trinajstić information content (AvgIpc) is 2.81. The van der Waals surface area contributed by atoms with E-state index in [1.54, 1.807) is 14.2 Å². The summed E-state index contributed by atoms with van der Waals surface area (Å²) in [4.78, 5) is 0. The van der Waals surface area contributed by atoms with E-state index in [1.165, 1.54) is 16.7 Å². The highest BCUT2D eigenvalue weighted by Gasteiger charge is 2.24. The fourth-order valence-corrected chi connectivity index (χ4v) is 4.92. The Labute approximate surface area is 206 Å². The van der Waals surface area contributed by atoms with Crippen molar-refractivity contribution in [3.05, 3.63) is 59.2 Å². The summed E-state index contributed by atoms with van der Waals surface area (Å²) in [5.74, 6) is 3.03. The van der Waals surface area contributed by atoms with Gasteiger partial charge in [0.2, 0.25) is 0 Å². The van der Waals surface area contributed by atoms with Gasteiger partial charge in [-0.25, -0.2) is 0 Å². The summed E-state index contributed by atoms with van der Waals surface area (Å²) in [6.45, 7) is 11.5. The molecule has 1 atom stereocenters. The van der Waals surface area contributed by atoms with Crippen molar-refractivity contribution in [2.45, 2.75) is 64.5 Å². The van der Waals surface area contributed by atoms with Crippen LogP contribution in [-0.4, -0.2) is 36.8 Å². The Morgan fingerprint density at radius 3 is 2.26 bits per heavy atom. The molecular weight excluding hydrogens is 444 g/mol. The van der Waals surface area contributed by atoms with Crippen LogP contribution in [-0.2, 0) is 14.9 Å². The molecule has 0 amide bonds. The summed E-state index contributed by atoms with van der Waals surface area (Å²) in [5, 5.41) is 0. The lowest BCUT2D eigenvalue weighted by Crippen LogP contribution is -2.19. The fourth-order valence-electron chi connectivity index (χ4n) is 4.30. The molecule has 0 saturated carbocycles. The van der Waals surface area contributed by atoms with Gasteiger partial charge in [0.05, 0.1) is 0 Å². The van der Waals surface area contributed by atoms with Crippen LogP contribution in [0.3, 0.4) is 0 Å². The first kappa shape index (κ1) is 26.3. The highest BCUT2D eigenvalue weighted by Crippen LogP contribution is 2.42. The second kappa shape index (κ2) is 11.9. The van der Waals surface area contributed by atoms with Crippen molar-refractivity contribution in [3.8, 4) is 17.2 Å². The Kier molecular flexibility index (Phi) is 9.22. The summed E-state index contributed by atoms with van der Waals surface area (Å²) < 4.78 is 27.8. The van der Waals surface area contributed by atoms with Gasteiger partial charge in [0.15, 0.2) is 13.6 Å². The predicted octanol–water partition coefficient (Wildman–Crippen LogP) is 6.93. The molecule has 1 unspecified atom stereocenters. The summed E-state index contributed by atoms with van der Waals surface area (Å²) in [6, 6.07) is 12.8. The van der Waals surface area contributed by atoms with Gasteiger partial charge in [-0.2, -0.15) is 0 Å². The molecule has 0 N–H and O–H groups in total. The molecule has 2 aromatic rings. The van der Waals surface area contributed by atoms with Crippen molar-refractivity contribution in [2.75, 3.05) is 27.8 Å². The molecular formula is C28H39O5Si. The summed E-state index contributed by atoms with van der Waals surface area (Å²) >= 11 is 0. The number of ether oxygens (including phenoxy) is 4. The number of hydrogen-bond acceptors (Lipinski definition) is 5. The molecule has 2 aromatic carbocycles.